The van der Waals surface area contributed by atoms with Crippen LogP contribution in [-0.2, 0) is 0 Å². The monoisotopic (exact) mass is 386 g/mol. The first-order valence-corrected chi connectivity index (χ1v) is 9.41. The molecule has 0 spiro atoms. The number of hydrogen-bond acceptors (Lipinski definition) is 6. The van der Waals surface area contributed by atoms with Gasteiger partial charge in [-0.15, -0.1) is 11.3 Å². The lowest BCUT2D eigenvalue weighted by atomic mass is 10.2. The first kappa shape index (κ1) is 17.5. The van der Waals surface area contributed by atoms with Gasteiger partial charge in [0.15, 0.2) is 0 Å². The van der Waals surface area contributed by atoms with E-state index in [4.69, 9.17) is 10.5 Å². The number of benzene rings is 1. The molecule has 0 bridgehead atoms. The van der Waals surface area contributed by atoms with Crippen LogP contribution in [0.4, 0.5) is 15.8 Å². The Kier molecular flexibility index (Phi) is 4.57. The van der Waals surface area contributed by atoms with Gasteiger partial charge in [-0.1, -0.05) is 0 Å². The molecule has 27 heavy (non-hydrogen) atoms. The number of anilines is 2. The molecular formula is C19H19FN4O2S. The minimum absolute atomic E-state index is 0.0868. The lowest BCUT2D eigenvalue weighted by Gasteiger charge is -2.36. The maximum atomic E-state index is 13.1. The number of methoxy groups -OCH3 is 1. The molecule has 1 fully saturated rings. The number of fused-ring (bicyclic) bond motifs is 1. The highest BCUT2D eigenvalue weighted by Gasteiger charge is 2.27. The summed E-state index contributed by atoms with van der Waals surface area (Å²) in [6.45, 7) is 2.52. The SMILES string of the molecule is COc1ccnc2sc(C(=O)N3CCN(c4ccc(F)cc4)CC3)c(N)c12. The molecule has 140 valence electrons. The Morgan fingerprint density at radius 3 is 2.56 bits per heavy atom. The predicted molar refractivity (Wildman–Crippen MR) is 105 cm³/mol. The van der Waals surface area contributed by atoms with Crippen molar-refractivity contribution in [3.8, 4) is 5.75 Å². The third-order valence-electron chi connectivity index (χ3n) is 4.76. The zero-order chi connectivity index (χ0) is 19.0. The summed E-state index contributed by atoms with van der Waals surface area (Å²) < 4.78 is 18.4. The number of pyridine rings is 1. The predicted octanol–water partition coefficient (Wildman–Crippen LogP) is 2.99. The van der Waals surface area contributed by atoms with Crippen LogP contribution in [0.15, 0.2) is 36.5 Å². The smallest absolute Gasteiger partial charge is 0.266 e. The van der Waals surface area contributed by atoms with Gasteiger partial charge in [-0.2, -0.15) is 0 Å². The van der Waals surface area contributed by atoms with E-state index in [0.717, 1.165) is 5.69 Å². The van der Waals surface area contributed by atoms with Crippen molar-refractivity contribution in [3.63, 3.8) is 0 Å². The normalized spacial score (nSPS) is 14.6. The Morgan fingerprint density at radius 1 is 1.19 bits per heavy atom. The number of nitrogens with zero attached hydrogens (tertiary/aromatic N) is 3. The van der Waals surface area contributed by atoms with Gasteiger partial charge in [-0.05, 0) is 30.3 Å². The Bertz CT molecular complexity index is 981. The van der Waals surface area contributed by atoms with E-state index < -0.39 is 0 Å². The van der Waals surface area contributed by atoms with E-state index in [1.165, 1.54) is 23.5 Å². The maximum Gasteiger partial charge on any atom is 0.266 e. The van der Waals surface area contributed by atoms with Gasteiger partial charge in [-0.25, -0.2) is 9.37 Å². The van der Waals surface area contributed by atoms with Crippen LogP contribution in [0, 0.1) is 5.82 Å². The minimum Gasteiger partial charge on any atom is -0.496 e. The number of halogens is 1. The Hall–Kier alpha value is -2.87. The number of rotatable bonds is 3. The van der Waals surface area contributed by atoms with Gasteiger partial charge in [0.1, 0.15) is 21.3 Å². The maximum absolute atomic E-state index is 13.1. The number of aromatic nitrogens is 1. The van der Waals surface area contributed by atoms with E-state index in [1.54, 1.807) is 36.4 Å². The summed E-state index contributed by atoms with van der Waals surface area (Å²) >= 11 is 1.29. The van der Waals surface area contributed by atoms with Gasteiger partial charge in [-0.3, -0.25) is 4.79 Å². The Labute approximate surface area is 160 Å². The fourth-order valence-corrected chi connectivity index (χ4v) is 4.36. The highest BCUT2D eigenvalue weighted by molar-refractivity contribution is 7.21. The van der Waals surface area contributed by atoms with Gasteiger partial charge < -0.3 is 20.3 Å². The molecule has 3 heterocycles. The second-order valence-electron chi connectivity index (χ2n) is 6.29. The number of thiophene rings is 1. The average Bonchev–Trinajstić information content (AvgIpc) is 3.05. The quantitative estimate of drug-likeness (QED) is 0.749. The molecule has 1 aliphatic heterocycles. The van der Waals surface area contributed by atoms with Crippen molar-refractivity contribution >= 4 is 38.8 Å². The van der Waals surface area contributed by atoms with E-state index >= 15 is 0 Å². The summed E-state index contributed by atoms with van der Waals surface area (Å²) in [6.07, 6.45) is 1.65. The van der Waals surface area contributed by atoms with Crippen molar-refractivity contribution in [2.24, 2.45) is 0 Å². The van der Waals surface area contributed by atoms with Crippen LogP contribution in [0.2, 0.25) is 0 Å². The number of carbonyl (C=O) groups excluding carboxylic acids is 1. The standard InChI is InChI=1S/C19H19FN4O2S/c1-26-14-6-7-22-18-15(14)16(21)17(27-18)19(25)24-10-8-23(9-11-24)13-4-2-12(20)3-5-13/h2-7H,8-11,21H2,1H3. The summed E-state index contributed by atoms with van der Waals surface area (Å²) in [6, 6.07) is 8.15. The number of amides is 1. The number of carbonyl (C=O) groups is 1. The zero-order valence-corrected chi connectivity index (χ0v) is 15.6. The lowest BCUT2D eigenvalue weighted by Crippen LogP contribution is -2.48. The molecule has 4 rings (SSSR count). The topological polar surface area (TPSA) is 71.7 Å². The zero-order valence-electron chi connectivity index (χ0n) is 14.8. The summed E-state index contributed by atoms with van der Waals surface area (Å²) in [7, 11) is 1.57. The fourth-order valence-electron chi connectivity index (χ4n) is 3.31. The van der Waals surface area contributed by atoms with Gasteiger partial charge in [0, 0.05) is 38.1 Å². The van der Waals surface area contributed by atoms with Gasteiger partial charge in [0.05, 0.1) is 18.2 Å². The van der Waals surface area contributed by atoms with Crippen LogP contribution in [0.25, 0.3) is 10.2 Å². The summed E-state index contributed by atoms with van der Waals surface area (Å²) in [5, 5.41) is 0.693. The minimum atomic E-state index is -0.253. The molecule has 0 radical (unpaired) electrons. The van der Waals surface area contributed by atoms with Crippen molar-refractivity contribution in [2.75, 3.05) is 43.9 Å². The molecule has 3 aromatic rings. The molecule has 2 N–H and O–H groups in total. The van der Waals surface area contributed by atoms with E-state index in [1.807, 2.05) is 0 Å². The van der Waals surface area contributed by atoms with E-state index in [-0.39, 0.29) is 11.7 Å². The van der Waals surface area contributed by atoms with Crippen LogP contribution in [0.5, 0.6) is 5.75 Å². The van der Waals surface area contributed by atoms with Gasteiger partial charge in [0.2, 0.25) is 0 Å². The highest BCUT2D eigenvalue weighted by atomic mass is 32.1. The first-order chi connectivity index (χ1) is 13.1. The highest BCUT2D eigenvalue weighted by Crippen LogP contribution is 2.38. The number of nitrogen functional groups attached to an aromatic ring is 1. The van der Waals surface area contributed by atoms with Crippen LogP contribution < -0.4 is 15.4 Å². The first-order valence-electron chi connectivity index (χ1n) is 8.59. The van der Waals surface area contributed by atoms with Gasteiger partial charge >= 0.3 is 0 Å². The van der Waals surface area contributed by atoms with Crippen molar-refractivity contribution < 1.29 is 13.9 Å². The third kappa shape index (κ3) is 3.16. The van der Waals surface area contributed by atoms with Crippen LogP contribution in [0.1, 0.15) is 9.67 Å². The lowest BCUT2D eigenvalue weighted by molar-refractivity contribution is 0.0752. The molecule has 1 amide bonds. The molecular weight excluding hydrogens is 367 g/mol. The molecule has 0 aliphatic carbocycles. The number of ether oxygens (including phenoxy) is 1. The fraction of sp³-hybridized carbons (Fsp3) is 0.263. The van der Waals surface area contributed by atoms with Crippen LogP contribution >= 0.6 is 11.3 Å². The summed E-state index contributed by atoms with van der Waals surface area (Å²) in [5.41, 5.74) is 7.63. The third-order valence-corrected chi connectivity index (χ3v) is 5.87. The molecule has 2 aromatic heterocycles. The van der Waals surface area contributed by atoms with Crippen molar-refractivity contribution in [3.05, 3.63) is 47.2 Å². The van der Waals surface area contributed by atoms with E-state index in [9.17, 15) is 9.18 Å². The molecule has 1 saturated heterocycles. The Morgan fingerprint density at radius 2 is 1.89 bits per heavy atom. The molecule has 0 atom stereocenters. The van der Waals surface area contributed by atoms with Crippen LogP contribution in [-0.4, -0.2) is 49.1 Å². The van der Waals surface area contributed by atoms with Crippen LogP contribution in [0.3, 0.4) is 0 Å². The van der Waals surface area contributed by atoms with Crippen molar-refractivity contribution in [2.45, 2.75) is 0 Å². The summed E-state index contributed by atoms with van der Waals surface area (Å²) in [4.78, 5) is 22.4. The molecule has 6 nitrogen and oxygen atoms in total. The number of hydrogen-bond donors (Lipinski definition) is 1. The van der Waals surface area contributed by atoms with Crippen molar-refractivity contribution in [1.82, 2.24) is 9.88 Å². The second kappa shape index (κ2) is 7.03. The van der Waals surface area contributed by atoms with E-state index in [2.05, 4.69) is 9.88 Å². The number of piperazine rings is 1. The molecule has 0 saturated carbocycles. The second-order valence-corrected chi connectivity index (χ2v) is 7.29. The van der Waals surface area contributed by atoms with Gasteiger partial charge in [0.25, 0.3) is 5.91 Å². The molecule has 0 unspecified atom stereocenters. The number of nitrogens with two attached hydrogens (primary N) is 1. The average molecular weight is 386 g/mol. The Balaban J connectivity index is 1.52. The van der Waals surface area contributed by atoms with Crippen molar-refractivity contribution in [1.29, 1.82) is 0 Å². The largest absolute Gasteiger partial charge is 0.496 e. The molecule has 8 heteroatoms. The van der Waals surface area contributed by atoms with E-state index in [0.29, 0.717) is 52.7 Å². The molecule has 1 aliphatic rings. The summed E-state index contributed by atoms with van der Waals surface area (Å²) in [5.74, 6) is 0.280. The molecule has 1 aromatic carbocycles.